The van der Waals surface area contributed by atoms with Gasteiger partial charge in [-0.15, -0.1) is 0 Å². The van der Waals surface area contributed by atoms with Crippen LogP contribution < -0.4 is 5.32 Å². The smallest absolute Gasteiger partial charge is 0.254 e. The van der Waals surface area contributed by atoms with Crippen molar-refractivity contribution in [3.8, 4) is 6.07 Å². The molecule has 1 aliphatic heterocycles. The number of nitrogens with one attached hydrogen (secondary N) is 1. The van der Waals surface area contributed by atoms with Crippen molar-refractivity contribution in [3.05, 3.63) is 58.8 Å². The third-order valence-electron chi connectivity index (χ3n) is 4.58. The lowest BCUT2D eigenvalue weighted by atomic mass is 10.1. The van der Waals surface area contributed by atoms with Crippen molar-refractivity contribution in [1.82, 2.24) is 9.88 Å². The maximum absolute atomic E-state index is 12.7. The van der Waals surface area contributed by atoms with Crippen molar-refractivity contribution in [1.29, 1.82) is 5.26 Å². The van der Waals surface area contributed by atoms with Gasteiger partial charge in [0.25, 0.3) is 5.91 Å². The summed E-state index contributed by atoms with van der Waals surface area (Å²) < 4.78 is 5.69. The predicted molar refractivity (Wildman–Crippen MR) is 103 cm³/mol. The third kappa shape index (κ3) is 4.63. The number of aryl methyl sites for hydroxylation is 1. The molecular formula is C21H24N4O2. The summed E-state index contributed by atoms with van der Waals surface area (Å²) in [6.45, 7) is 7.64. The van der Waals surface area contributed by atoms with E-state index in [-0.39, 0.29) is 18.1 Å². The van der Waals surface area contributed by atoms with Crippen LogP contribution in [0.1, 0.15) is 41.0 Å². The molecule has 1 amide bonds. The van der Waals surface area contributed by atoms with Gasteiger partial charge in [-0.05, 0) is 50.1 Å². The van der Waals surface area contributed by atoms with Gasteiger partial charge in [-0.25, -0.2) is 4.98 Å². The molecule has 1 aliphatic rings. The maximum Gasteiger partial charge on any atom is 0.254 e. The van der Waals surface area contributed by atoms with E-state index in [9.17, 15) is 4.79 Å². The van der Waals surface area contributed by atoms with Gasteiger partial charge in [0.05, 0.1) is 12.2 Å². The van der Waals surface area contributed by atoms with Gasteiger partial charge < -0.3 is 15.0 Å². The second kappa shape index (κ2) is 8.19. The van der Waals surface area contributed by atoms with Crippen molar-refractivity contribution in [3.63, 3.8) is 0 Å². The predicted octanol–water partition coefficient (Wildman–Crippen LogP) is 3.12. The monoisotopic (exact) mass is 364 g/mol. The van der Waals surface area contributed by atoms with Crippen LogP contribution in [-0.2, 0) is 11.3 Å². The van der Waals surface area contributed by atoms with E-state index in [1.165, 1.54) is 0 Å². The Kier molecular flexibility index (Phi) is 5.72. The minimum Gasteiger partial charge on any atom is -0.372 e. The molecule has 1 aromatic heterocycles. The maximum atomic E-state index is 12.7. The lowest BCUT2D eigenvalue weighted by Crippen LogP contribution is -2.48. The zero-order valence-electron chi connectivity index (χ0n) is 15.9. The Bertz CT molecular complexity index is 847. The Balaban J connectivity index is 1.62. The number of carbonyl (C=O) groups excluding carboxylic acids is 1. The number of pyridine rings is 1. The highest BCUT2D eigenvalue weighted by Gasteiger charge is 2.26. The number of nitrogens with zero attached hydrogens (tertiary/aromatic N) is 3. The topological polar surface area (TPSA) is 78.2 Å². The fraction of sp³-hybridized carbons (Fsp3) is 0.381. The van der Waals surface area contributed by atoms with E-state index in [1.807, 2.05) is 62.1 Å². The molecule has 1 saturated heterocycles. The van der Waals surface area contributed by atoms with E-state index in [4.69, 9.17) is 10.00 Å². The van der Waals surface area contributed by atoms with Crippen LogP contribution in [-0.4, -0.2) is 41.1 Å². The highest BCUT2D eigenvalue weighted by Crippen LogP contribution is 2.16. The minimum atomic E-state index is 0.0374. The number of anilines is 1. The van der Waals surface area contributed by atoms with E-state index < -0.39 is 0 Å². The molecule has 2 aromatic rings. The highest BCUT2D eigenvalue weighted by atomic mass is 16.5. The van der Waals surface area contributed by atoms with Gasteiger partial charge in [-0.2, -0.15) is 5.26 Å². The van der Waals surface area contributed by atoms with Gasteiger partial charge in [0.15, 0.2) is 0 Å². The molecule has 1 aromatic carbocycles. The Labute approximate surface area is 159 Å². The molecule has 1 fully saturated rings. The molecule has 2 heterocycles. The molecule has 2 unspecified atom stereocenters. The third-order valence-corrected chi connectivity index (χ3v) is 4.58. The van der Waals surface area contributed by atoms with Crippen LogP contribution in [0, 0.1) is 18.3 Å². The van der Waals surface area contributed by atoms with Crippen molar-refractivity contribution >= 4 is 11.7 Å². The number of carbonyl (C=O) groups is 1. The van der Waals surface area contributed by atoms with Crippen LogP contribution in [0.15, 0.2) is 36.4 Å². The normalized spacial score (nSPS) is 19.4. The quantitative estimate of drug-likeness (QED) is 0.902. The molecule has 0 radical (unpaired) electrons. The standard InChI is InChI=1S/C21H24N4O2/c1-14-4-9-20(24-19(14)10-22)23-11-17-5-7-18(8-6-17)21(26)25-12-15(2)27-16(3)13-25/h4-9,15-16H,11-13H2,1-3H3,(H,23,24). The molecule has 27 heavy (non-hydrogen) atoms. The molecule has 140 valence electrons. The Morgan fingerprint density at radius 1 is 1.22 bits per heavy atom. The zero-order chi connectivity index (χ0) is 19.4. The second-order valence-electron chi connectivity index (χ2n) is 6.99. The molecule has 2 atom stereocenters. The number of ether oxygens (including phenoxy) is 1. The average Bonchev–Trinajstić information content (AvgIpc) is 2.66. The van der Waals surface area contributed by atoms with Crippen LogP contribution in [0.3, 0.4) is 0 Å². The Hall–Kier alpha value is -2.91. The van der Waals surface area contributed by atoms with E-state index in [2.05, 4.69) is 16.4 Å². The minimum absolute atomic E-state index is 0.0374. The Morgan fingerprint density at radius 3 is 2.52 bits per heavy atom. The van der Waals surface area contributed by atoms with E-state index in [1.54, 1.807) is 0 Å². The number of morpholine rings is 1. The van der Waals surface area contributed by atoms with Gasteiger partial charge in [-0.1, -0.05) is 18.2 Å². The van der Waals surface area contributed by atoms with Gasteiger partial charge in [0, 0.05) is 25.2 Å². The molecule has 0 saturated carbocycles. The van der Waals surface area contributed by atoms with Crippen LogP contribution >= 0.6 is 0 Å². The van der Waals surface area contributed by atoms with Crippen LogP contribution in [0.4, 0.5) is 5.82 Å². The molecular weight excluding hydrogens is 340 g/mol. The van der Waals surface area contributed by atoms with Crippen molar-refractivity contribution in [2.75, 3.05) is 18.4 Å². The number of aromatic nitrogens is 1. The number of hydrogen-bond acceptors (Lipinski definition) is 5. The number of amides is 1. The first-order valence-corrected chi connectivity index (χ1v) is 9.11. The van der Waals surface area contributed by atoms with E-state index in [0.717, 1.165) is 11.1 Å². The largest absolute Gasteiger partial charge is 0.372 e. The van der Waals surface area contributed by atoms with Crippen molar-refractivity contribution < 1.29 is 9.53 Å². The number of nitriles is 1. The van der Waals surface area contributed by atoms with Crippen molar-refractivity contribution in [2.45, 2.75) is 39.5 Å². The SMILES string of the molecule is Cc1ccc(NCc2ccc(C(=O)N3CC(C)OC(C)C3)cc2)nc1C#N. The van der Waals surface area contributed by atoms with E-state index >= 15 is 0 Å². The summed E-state index contributed by atoms with van der Waals surface area (Å²) in [5.41, 5.74) is 3.00. The van der Waals surface area contributed by atoms with Crippen LogP contribution in [0.5, 0.6) is 0 Å². The summed E-state index contributed by atoms with van der Waals surface area (Å²) in [4.78, 5) is 18.8. The molecule has 6 nitrogen and oxygen atoms in total. The van der Waals surface area contributed by atoms with Gasteiger partial charge in [-0.3, -0.25) is 4.79 Å². The summed E-state index contributed by atoms with van der Waals surface area (Å²) in [5.74, 6) is 0.698. The number of rotatable bonds is 4. The fourth-order valence-corrected chi connectivity index (χ4v) is 3.22. The first-order valence-electron chi connectivity index (χ1n) is 9.11. The molecule has 6 heteroatoms. The molecule has 3 rings (SSSR count). The molecule has 0 spiro atoms. The summed E-state index contributed by atoms with van der Waals surface area (Å²) in [6.07, 6.45) is 0.114. The van der Waals surface area contributed by atoms with Gasteiger partial charge >= 0.3 is 0 Å². The van der Waals surface area contributed by atoms with Gasteiger partial charge in [0.1, 0.15) is 17.6 Å². The Morgan fingerprint density at radius 2 is 1.89 bits per heavy atom. The number of hydrogen-bond donors (Lipinski definition) is 1. The summed E-state index contributed by atoms with van der Waals surface area (Å²) in [7, 11) is 0. The lowest BCUT2D eigenvalue weighted by Gasteiger charge is -2.35. The van der Waals surface area contributed by atoms with Gasteiger partial charge in [0.2, 0.25) is 0 Å². The first-order chi connectivity index (χ1) is 13.0. The molecule has 1 N–H and O–H groups in total. The molecule has 0 aliphatic carbocycles. The van der Waals surface area contributed by atoms with E-state index in [0.29, 0.717) is 36.7 Å². The molecule has 0 bridgehead atoms. The lowest BCUT2D eigenvalue weighted by molar-refractivity contribution is -0.0586. The second-order valence-corrected chi connectivity index (χ2v) is 6.99. The number of benzene rings is 1. The highest BCUT2D eigenvalue weighted by molar-refractivity contribution is 5.94. The average molecular weight is 364 g/mol. The van der Waals surface area contributed by atoms with Crippen molar-refractivity contribution in [2.24, 2.45) is 0 Å². The van der Waals surface area contributed by atoms with Crippen LogP contribution in [0.25, 0.3) is 0 Å². The summed E-state index contributed by atoms with van der Waals surface area (Å²) in [5, 5.41) is 12.3. The van der Waals surface area contributed by atoms with Crippen LogP contribution in [0.2, 0.25) is 0 Å². The first kappa shape index (κ1) is 18.9. The fourth-order valence-electron chi connectivity index (χ4n) is 3.22. The zero-order valence-corrected chi connectivity index (χ0v) is 15.9. The summed E-state index contributed by atoms with van der Waals surface area (Å²) >= 11 is 0. The summed E-state index contributed by atoms with van der Waals surface area (Å²) in [6, 6.07) is 13.4.